The van der Waals surface area contributed by atoms with Gasteiger partial charge in [0.2, 0.25) is 0 Å². The number of unbranched alkanes of at least 4 members (excludes halogenated alkanes) is 1. The maximum atomic E-state index is 13.0. The molecule has 0 bridgehead atoms. The summed E-state index contributed by atoms with van der Waals surface area (Å²) in [6, 6.07) is 19.5. The van der Waals surface area contributed by atoms with E-state index < -0.39 is 0 Å². The molecule has 2 aromatic carbocycles. The van der Waals surface area contributed by atoms with Crippen LogP contribution in [-0.2, 0) is 13.1 Å². The second kappa shape index (κ2) is 8.82. The number of aromatic nitrogens is 2. The van der Waals surface area contributed by atoms with Gasteiger partial charge in [-0.05, 0) is 52.8 Å². The molecule has 0 spiro atoms. The standard InChI is InChI=1S/C25H25N3O2/c1-2-3-13-28-17-21(19-9-10-23-20(14-19)11-12-26-23)15-22(25(28)30)24(29)27-16-18-7-5-4-6-8-18/h4-12,14-15,17,26H,2-3,13,16H2,1H3,(H,27,29). The predicted octanol–water partition coefficient (Wildman–Crippen LogP) is 4.73. The molecule has 0 aliphatic carbocycles. The number of pyridine rings is 1. The molecule has 0 saturated carbocycles. The van der Waals surface area contributed by atoms with Crippen LogP contribution in [0.2, 0.25) is 0 Å². The lowest BCUT2D eigenvalue weighted by molar-refractivity contribution is 0.0949. The fourth-order valence-electron chi connectivity index (χ4n) is 3.56. The maximum Gasteiger partial charge on any atom is 0.263 e. The number of amides is 1. The lowest BCUT2D eigenvalue weighted by Crippen LogP contribution is -2.33. The van der Waals surface area contributed by atoms with Gasteiger partial charge >= 0.3 is 0 Å². The molecule has 5 heteroatoms. The van der Waals surface area contributed by atoms with Crippen molar-refractivity contribution in [2.24, 2.45) is 0 Å². The summed E-state index contributed by atoms with van der Waals surface area (Å²) in [5.74, 6) is -0.348. The van der Waals surface area contributed by atoms with E-state index in [1.54, 1.807) is 10.6 Å². The summed E-state index contributed by atoms with van der Waals surface area (Å²) in [6.07, 6.45) is 5.62. The number of aryl methyl sites for hydroxylation is 1. The Morgan fingerprint density at radius 3 is 2.67 bits per heavy atom. The van der Waals surface area contributed by atoms with Crippen molar-refractivity contribution in [3.63, 3.8) is 0 Å². The molecule has 2 N–H and O–H groups in total. The third-order valence-electron chi connectivity index (χ3n) is 5.27. The SMILES string of the molecule is CCCCn1cc(-c2ccc3[nH]ccc3c2)cc(C(=O)NCc2ccccc2)c1=O. The zero-order chi connectivity index (χ0) is 20.9. The first-order valence-corrected chi connectivity index (χ1v) is 10.3. The summed E-state index contributed by atoms with van der Waals surface area (Å²) in [7, 11) is 0. The minimum absolute atomic E-state index is 0.175. The number of nitrogens with zero attached hydrogens (tertiary/aromatic N) is 1. The second-order valence-electron chi connectivity index (χ2n) is 7.44. The molecule has 2 aromatic heterocycles. The Labute approximate surface area is 175 Å². The van der Waals surface area contributed by atoms with Gasteiger partial charge in [0.15, 0.2) is 0 Å². The van der Waals surface area contributed by atoms with Crippen LogP contribution >= 0.6 is 0 Å². The number of H-pyrrole nitrogens is 1. The van der Waals surface area contributed by atoms with Crippen LogP contribution in [0.3, 0.4) is 0 Å². The molecule has 30 heavy (non-hydrogen) atoms. The van der Waals surface area contributed by atoms with E-state index >= 15 is 0 Å². The number of benzene rings is 2. The van der Waals surface area contributed by atoms with Crippen LogP contribution in [0.1, 0.15) is 35.7 Å². The average Bonchev–Trinajstić information content (AvgIpc) is 3.25. The summed E-state index contributed by atoms with van der Waals surface area (Å²) in [5, 5.41) is 3.98. The lowest BCUT2D eigenvalue weighted by atomic mass is 10.0. The number of carbonyl (C=O) groups excluding carboxylic acids is 1. The van der Waals surface area contributed by atoms with E-state index in [1.165, 1.54) is 0 Å². The van der Waals surface area contributed by atoms with Crippen LogP contribution < -0.4 is 10.9 Å². The normalized spacial score (nSPS) is 11.0. The Balaban J connectivity index is 1.70. The van der Waals surface area contributed by atoms with Crippen molar-refractivity contribution >= 4 is 16.8 Å². The van der Waals surface area contributed by atoms with Crippen molar-refractivity contribution in [2.45, 2.75) is 32.9 Å². The van der Waals surface area contributed by atoms with Gasteiger partial charge in [-0.25, -0.2) is 0 Å². The molecule has 0 saturated heterocycles. The molecule has 0 radical (unpaired) electrons. The third kappa shape index (κ3) is 4.20. The highest BCUT2D eigenvalue weighted by Crippen LogP contribution is 2.24. The van der Waals surface area contributed by atoms with Gasteiger partial charge in [-0.3, -0.25) is 9.59 Å². The van der Waals surface area contributed by atoms with E-state index in [4.69, 9.17) is 0 Å². The molecule has 4 aromatic rings. The van der Waals surface area contributed by atoms with Crippen LogP contribution in [-0.4, -0.2) is 15.5 Å². The van der Waals surface area contributed by atoms with E-state index in [9.17, 15) is 9.59 Å². The fraction of sp³-hybridized carbons (Fsp3) is 0.200. The minimum atomic E-state index is -0.348. The van der Waals surface area contributed by atoms with Crippen LogP contribution in [0.15, 0.2) is 77.9 Å². The van der Waals surface area contributed by atoms with Crippen molar-refractivity contribution in [1.29, 1.82) is 0 Å². The first kappa shape index (κ1) is 19.7. The Morgan fingerprint density at radius 2 is 1.87 bits per heavy atom. The molecule has 0 aliphatic rings. The summed E-state index contributed by atoms with van der Waals surface area (Å²) in [6.45, 7) is 3.06. The van der Waals surface area contributed by atoms with E-state index in [0.29, 0.717) is 13.1 Å². The Kier molecular flexibility index (Phi) is 5.80. The zero-order valence-electron chi connectivity index (χ0n) is 17.0. The molecule has 2 heterocycles. The number of nitrogens with one attached hydrogen (secondary N) is 2. The summed E-state index contributed by atoms with van der Waals surface area (Å²) < 4.78 is 1.66. The van der Waals surface area contributed by atoms with Crippen LogP contribution in [0.25, 0.3) is 22.0 Å². The Morgan fingerprint density at radius 1 is 1.03 bits per heavy atom. The number of carbonyl (C=O) groups is 1. The van der Waals surface area contributed by atoms with Gasteiger partial charge in [-0.1, -0.05) is 49.7 Å². The molecule has 0 unspecified atom stereocenters. The number of fused-ring (bicyclic) bond motifs is 1. The smallest absolute Gasteiger partial charge is 0.263 e. The Hall–Kier alpha value is -3.60. The molecule has 152 valence electrons. The highest BCUT2D eigenvalue weighted by molar-refractivity contribution is 5.95. The van der Waals surface area contributed by atoms with Crippen molar-refractivity contribution in [3.8, 4) is 11.1 Å². The summed E-state index contributed by atoms with van der Waals surface area (Å²) in [4.78, 5) is 29.1. The van der Waals surface area contributed by atoms with Crippen molar-refractivity contribution in [1.82, 2.24) is 14.9 Å². The summed E-state index contributed by atoms with van der Waals surface area (Å²) >= 11 is 0. The van der Waals surface area contributed by atoms with Crippen molar-refractivity contribution in [2.75, 3.05) is 0 Å². The molecule has 1 amide bonds. The van der Waals surface area contributed by atoms with Gasteiger partial charge in [0.05, 0.1) is 0 Å². The number of aromatic amines is 1. The molecule has 0 fully saturated rings. The molecule has 5 nitrogen and oxygen atoms in total. The van der Waals surface area contributed by atoms with Gasteiger partial charge < -0.3 is 14.9 Å². The lowest BCUT2D eigenvalue weighted by Gasteiger charge is -2.12. The van der Waals surface area contributed by atoms with Crippen molar-refractivity contribution in [3.05, 3.63) is 94.5 Å². The number of hydrogen-bond donors (Lipinski definition) is 2. The van der Waals surface area contributed by atoms with Crippen molar-refractivity contribution < 1.29 is 4.79 Å². The van der Waals surface area contributed by atoms with Gasteiger partial charge in [0, 0.05) is 31.0 Å². The molecule has 0 atom stereocenters. The highest BCUT2D eigenvalue weighted by Gasteiger charge is 2.15. The first-order chi connectivity index (χ1) is 14.7. The van der Waals surface area contributed by atoms with E-state index in [0.717, 1.165) is 40.4 Å². The van der Waals surface area contributed by atoms with Gasteiger partial charge in [0.1, 0.15) is 5.56 Å². The molecule has 0 aliphatic heterocycles. The average molecular weight is 399 g/mol. The second-order valence-corrected chi connectivity index (χ2v) is 7.44. The zero-order valence-corrected chi connectivity index (χ0v) is 17.0. The highest BCUT2D eigenvalue weighted by atomic mass is 16.2. The van der Waals surface area contributed by atoms with Gasteiger partial charge in [-0.15, -0.1) is 0 Å². The fourth-order valence-corrected chi connectivity index (χ4v) is 3.56. The number of rotatable bonds is 7. The Bertz CT molecular complexity index is 1220. The van der Waals surface area contributed by atoms with Crippen LogP contribution in [0.5, 0.6) is 0 Å². The predicted molar refractivity (Wildman–Crippen MR) is 121 cm³/mol. The van der Waals surface area contributed by atoms with Gasteiger partial charge in [-0.2, -0.15) is 0 Å². The topological polar surface area (TPSA) is 66.9 Å². The van der Waals surface area contributed by atoms with E-state index in [2.05, 4.69) is 23.3 Å². The minimum Gasteiger partial charge on any atom is -0.361 e. The van der Waals surface area contributed by atoms with E-state index in [-0.39, 0.29) is 17.0 Å². The van der Waals surface area contributed by atoms with Crippen LogP contribution in [0.4, 0.5) is 0 Å². The third-order valence-corrected chi connectivity index (χ3v) is 5.27. The quantitative estimate of drug-likeness (QED) is 0.472. The maximum absolute atomic E-state index is 13.0. The molecular weight excluding hydrogens is 374 g/mol. The monoisotopic (exact) mass is 399 g/mol. The van der Waals surface area contributed by atoms with E-state index in [1.807, 2.05) is 60.9 Å². The van der Waals surface area contributed by atoms with Gasteiger partial charge in [0.25, 0.3) is 11.5 Å². The summed E-state index contributed by atoms with van der Waals surface area (Å²) in [5.41, 5.74) is 3.81. The molecule has 4 rings (SSSR count). The largest absolute Gasteiger partial charge is 0.361 e. The molecular formula is C25H25N3O2. The first-order valence-electron chi connectivity index (χ1n) is 10.3. The van der Waals surface area contributed by atoms with Crippen LogP contribution in [0, 0.1) is 0 Å². The number of hydrogen-bond acceptors (Lipinski definition) is 2.